The Kier molecular flexibility index (Phi) is 6.22. The second kappa shape index (κ2) is 8.25. The van der Waals surface area contributed by atoms with Gasteiger partial charge in [0.25, 0.3) is 0 Å². The summed E-state index contributed by atoms with van der Waals surface area (Å²) in [7, 11) is -3.22. The molecule has 2 aliphatic rings. The molecular weight excluding hydrogens is 374 g/mol. The number of nitrogens with zero attached hydrogens (tertiary/aromatic N) is 3. The van der Waals surface area contributed by atoms with Crippen molar-refractivity contribution in [2.75, 3.05) is 45.5 Å². The van der Waals surface area contributed by atoms with Gasteiger partial charge in [0.1, 0.15) is 0 Å². The predicted molar refractivity (Wildman–Crippen MR) is 102 cm³/mol. The van der Waals surface area contributed by atoms with E-state index in [2.05, 4.69) is 4.90 Å². The second-order valence-electron chi connectivity index (χ2n) is 7.19. The molecule has 2 heterocycles. The number of carbonyl (C=O) groups is 1. The van der Waals surface area contributed by atoms with Crippen molar-refractivity contribution in [1.82, 2.24) is 14.1 Å². The van der Waals surface area contributed by atoms with Gasteiger partial charge < -0.3 is 4.90 Å². The summed E-state index contributed by atoms with van der Waals surface area (Å²) in [6, 6.07) is 7.85. The van der Waals surface area contributed by atoms with E-state index in [1.807, 2.05) is 29.2 Å². The van der Waals surface area contributed by atoms with E-state index in [1.165, 1.54) is 16.1 Å². The van der Waals surface area contributed by atoms with Gasteiger partial charge in [0, 0.05) is 50.8 Å². The molecule has 1 amide bonds. The van der Waals surface area contributed by atoms with Crippen LogP contribution in [0.15, 0.2) is 24.3 Å². The maximum atomic E-state index is 12.8. The molecule has 1 atom stereocenters. The lowest BCUT2D eigenvalue weighted by molar-refractivity contribution is -0.138. The average Bonchev–Trinajstić information content (AvgIpc) is 2.63. The van der Waals surface area contributed by atoms with Crippen LogP contribution >= 0.6 is 11.6 Å². The largest absolute Gasteiger partial charge is 0.340 e. The van der Waals surface area contributed by atoms with Gasteiger partial charge in [-0.2, -0.15) is 0 Å². The molecule has 0 unspecified atom stereocenters. The first-order chi connectivity index (χ1) is 12.3. The number of benzene rings is 1. The van der Waals surface area contributed by atoms with Crippen molar-refractivity contribution in [2.45, 2.75) is 19.4 Å². The highest BCUT2D eigenvalue weighted by molar-refractivity contribution is 7.88. The van der Waals surface area contributed by atoms with Crippen LogP contribution in [-0.2, 0) is 21.4 Å². The molecule has 8 heteroatoms. The smallest absolute Gasteiger partial charge is 0.227 e. The molecule has 0 radical (unpaired) electrons. The quantitative estimate of drug-likeness (QED) is 0.772. The lowest BCUT2D eigenvalue weighted by Gasteiger charge is -2.38. The fraction of sp³-hybridized carbons (Fsp3) is 0.611. The molecule has 0 spiro atoms. The molecule has 1 aromatic carbocycles. The number of sulfonamides is 1. The van der Waals surface area contributed by atoms with Crippen molar-refractivity contribution < 1.29 is 13.2 Å². The van der Waals surface area contributed by atoms with Gasteiger partial charge in [-0.1, -0.05) is 23.7 Å². The Morgan fingerprint density at radius 3 is 2.38 bits per heavy atom. The Morgan fingerprint density at radius 1 is 1.12 bits per heavy atom. The number of rotatable bonds is 4. The Hall–Kier alpha value is -1.15. The minimum atomic E-state index is -3.22. The first-order valence-corrected chi connectivity index (χ1v) is 11.3. The first kappa shape index (κ1) is 19.6. The summed E-state index contributed by atoms with van der Waals surface area (Å²) in [5, 5.41) is 0.736. The highest BCUT2D eigenvalue weighted by Gasteiger charge is 2.33. The van der Waals surface area contributed by atoms with E-state index in [4.69, 9.17) is 11.6 Å². The highest BCUT2D eigenvalue weighted by Crippen LogP contribution is 2.22. The van der Waals surface area contributed by atoms with Crippen molar-refractivity contribution in [2.24, 2.45) is 5.92 Å². The van der Waals surface area contributed by atoms with Gasteiger partial charge >= 0.3 is 0 Å². The van der Waals surface area contributed by atoms with Crippen molar-refractivity contribution in [3.63, 3.8) is 0 Å². The normalized spacial score (nSPS) is 23.2. The summed E-state index contributed by atoms with van der Waals surface area (Å²) < 4.78 is 24.9. The minimum absolute atomic E-state index is 0.101. The van der Waals surface area contributed by atoms with Crippen LogP contribution < -0.4 is 0 Å². The monoisotopic (exact) mass is 399 g/mol. The third kappa shape index (κ3) is 4.97. The Balaban J connectivity index is 1.51. The van der Waals surface area contributed by atoms with Crippen LogP contribution in [0.5, 0.6) is 0 Å². The molecule has 1 aromatic rings. The van der Waals surface area contributed by atoms with E-state index < -0.39 is 10.0 Å². The van der Waals surface area contributed by atoms with E-state index in [0.29, 0.717) is 26.2 Å². The van der Waals surface area contributed by atoms with Gasteiger partial charge in [0.2, 0.25) is 15.9 Å². The zero-order valence-corrected chi connectivity index (χ0v) is 16.7. The minimum Gasteiger partial charge on any atom is -0.340 e. The molecule has 144 valence electrons. The van der Waals surface area contributed by atoms with Crippen LogP contribution in [-0.4, -0.2) is 74.0 Å². The number of piperazine rings is 1. The molecule has 0 bridgehead atoms. The summed E-state index contributed by atoms with van der Waals surface area (Å²) >= 11 is 5.92. The number of carbonyl (C=O) groups excluding carboxylic acids is 1. The van der Waals surface area contributed by atoms with E-state index in [-0.39, 0.29) is 11.8 Å². The molecule has 26 heavy (non-hydrogen) atoms. The second-order valence-corrected chi connectivity index (χ2v) is 9.61. The zero-order valence-electron chi connectivity index (χ0n) is 15.1. The predicted octanol–water partition coefficient (Wildman–Crippen LogP) is 1.66. The molecule has 0 saturated carbocycles. The highest BCUT2D eigenvalue weighted by atomic mass is 35.5. The van der Waals surface area contributed by atoms with Crippen LogP contribution in [0.25, 0.3) is 0 Å². The van der Waals surface area contributed by atoms with Crippen LogP contribution in [0.4, 0.5) is 0 Å². The zero-order chi connectivity index (χ0) is 18.7. The molecule has 3 rings (SSSR count). The molecule has 2 fully saturated rings. The van der Waals surface area contributed by atoms with Gasteiger partial charge in [-0.25, -0.2) is 12.7 Å². The van der Waals surface area contributed by atoms with Gasteiger partial charge in [-0.15, -0.1) is 0 Å². The third-order valence-corrected chi connectivity index (χ3v) is 6.73. The molecule has 0 aromatic heterocycles. The SMILES string of the molecule is CS(=O)(=O)N1CCC[C@H](C(=O)N2CCN(Cc3ccc(Cl)cc3)CC2)C1. The van der Waals surface area contributed by atoms with Crippen LogP contribution in [0.3, 0.4) is 0 Å². The fourth-order valence-electron chi connectivity index (χ4n) is 3.68. The van der Waals surface area contributed by atoms with Crippen LogP contribution in [0.2, 0.25) is 5.02 Å². The van der Waals surface area contributed by atoms with Crippen molar-refractivity contribution in [3.8, 4) is 0 Å². The van der Waals surface area contributed by atoms with Crippen molar-refractivity contribution >= 4 is 27.5 Å². The Labute approximate surface area is 160 Å². The summed E-state index contributed by atoms with van der Waals surface area (Å²) in [4.78, 5) is 17.0. The molecule has 2 saturated heterocycles. The maximum Gasteiger partial charge on any atom is 0.227 e. The summed E-state index contributed by atoms with van der Waals surface area (Å²) in [6.45, 7) is 4.75. The average molecular weight is 400 g/mol. The molecule has 2 aliphatic heterocycles. The summed E-state index contributed by atoms with van der Waals surface area (Å²) in [5.41, 5.74) is 1.21. The standard InChI is InChI=1S/C18H26ClN3O3S/c1-26(24,25)22-8-2-3-16(14-22)18(23)21-11-9-20(10-12-21)13-15-4-6-17(19)7-5-15/h4-7,16H,2-3,8-14H2,1H3/t16-/m0/s1. The lowest BCUT2D eigenvalue weighted by Crippen LogP contribution is -2.52. The molecule has 6 nitrogen and oxygen atoms in total. The maximum absolute atomic E-state index is 12.8. The van der Waals surface area contributed by atoms with Crippen LogP contribution in [0.1, 0.15) is 18.4 Å². The van der Waals surface area contributed by atoms with Gasteiger partial charge in [0.15, 0.2) is 0 Å². The van der Waals surface area contributed by atoms with Gasteiger partial charge in [-0.3, -0.25) is 9.69 Å². The number of amides is 1. The topological polar surface area (TPSA) is 60.9 Å². The van der Waals surface area contributed by atoms with Gasteiger partial charge in [0.05, 0.1) is 12.2 Å². The number of piperidine rings is 1. The van der Waals surface area contributed by atoms with Crippen molar-refractivity contribution in [3.05, 3.63) is 34.9 Å². The Bertz CT molecular complexity index is 731. The number of hydrogen-bond donors (Lipinski definition) is 0. The summed E-state index contributed by atoms with van der Waals surface area (Å²) in [6.07, 6.45) is 2.74. The van der Waals surface area contributed by atoms with Gasteiger partial charge in [-0.05, 0) is 30.5 Å². The van der Waals surface area contributed by atoms with E-state index >= 15 is 0 Å². The lowest BCUT2D eigenvalue weighted by atomic mass is 9.97. The Morgan fingerprint density at radius 2 is 1.77 bits per heavy atom. The molecular formula is C18H26ClN3O3S. The van der Waals surface area contributed by atoms with E-state index in [0.717, 1.165) is 37.5 Å². The third-order valence-electron chi connectivity index (χ3n) is 5.21. The van der Waals surface area contributed by atoms with Crippen LogP contribution in [0, 0.1) is 5.92 Å². The fourth-order valence-corrected chi connectivity index (χ4v) is 4.72. The number of halogens is 1. The number of hydrogen-bond acceptors (Lipinski definition) is 4. The van der Waals surface area contributed by atoms with E-state index in [9.17, 15) is 13.2 Å². The molecule has 0 aliphatic carbocycles. The first-order valence-electron chi connectivity index (χ1n) is 9.03. The summed E-state index contributed by atoms with van der Waals surface area (Å²) in [5.74, 6) is -0.106. The van der Waals surface area contributed by atoms with Crippen molar-refractivity contribution in [1.29, 1.82) is 0 Å². The van der Waals surface area contributed by atoms with E-state index in [1.54, 1.807) is 0 Å². The molecule has 0 N–H and O–H groups in total.